The number of rotatable bonds is 7. The summed E-state index contributed by atoms with van der Waals surface area (Å²) in [7, 11) is -3.45. The van der Waals surface area contributed by atoms with Crippen LogP contribution in [0.4, 0.5) is 5.13 Å². The summed E-state index contributed by atoms with van der Waals surface area (Å²) in [4.78, 5) is 22.1. The van der Waals surface area contributed by atoms with Crippen LogP contribution >= 0.6 is 27.3 Å². The molecule has 170 valence electrons. The molecule has 1 aliphatic rings. The van der Waals surface area contributed by atoms with Gasteiger partial charge in [0.05, 0.1) is 26.4 Å². The number of fused-ring (bicyclic) bond motifs is 1. The zero-order valence-corrected chi connectivity index (χ0v) is 21.0. The molecule has 1 aromatic heterocycles. The van der Waals surface area contributed by atoms with E-state index in [0.29, 0.717) is 6.54 Å². The van der Waals surface area contributed by atoms with Crippen molar-refractivity contribution in [2.45, 2.75) is 11.8 Å². The lowest BCUT2D eigenvalue weighted by Gasteiger charge is -2.34. The van der Waals surface area contributed by atoms with Crippen molar-refractivity contribution in [3.8, 4) is 0 Å². The van der Waals surface area contributed by atoms with Crippen molar-refractivity contribution in [1.82, 2.24) is 15.2 Å². The first-order chi connectivity index (χ1) is 15.4. The lowest BCUT2D eigenvalue weighted by molar-refractivity contribution is 0.0944. The molecule has 0 bridgehead atoms. The van der Waals surface area contributed by atoms with Crippen LogP contribution in [0.5, 0.6) is 0 Å². The van der Waals surface area contributed by atoms with E-state index in [4.69, 9.17) is 4.98 Å². The average Bonchev–Trinajstić information content (AvgIpc) is 3.22. The molecule has 32 heavy (non-hydrogen) atoms. The minimum absolute atomic E-state index is 0.0342. The Hall–Kier alpha value is -2.01. The Morgan fingerprint density at radius 1 is 1.16 bits per heavy atom. The van der Waals surface area contributed by atoms with Crippen molar-refractivity contribution in [3.63, 3.8) is 0 Å². The predicted molar refractivity (Wildman–Crippen MR) is 132 cm³/mol. The number of carbonyl (C=O) groups excluding carboxylic acids is 1. The minimum Gasteiger partial charge on any atom is -0.351 e. The zero-order valence-electron chi connectivity index (χ0n) is 17.8. The maximum atomic E-state index is 12.6. The summed E-state index contributed by atoms with van der Waals surface area (Å²) in [5.41, 5.74) is 1.23. The van der Waals surface area contributed by atoms with Crippen LogP contribution < -0.4 is 10.2 Å². The van der Waals surface area contributed by atoms with Gasteiger partial charge in [-0.15, -0.1) is 0 Å². The van der Waals surface area contributed by atoms with Crippen LogP contribution in [0.15, 0.2) is 51.8 Å². The van der Waals surface area contributed by atoms with E-state index in [-0.39, 0.29) is 22.1 Å². The first-order valence-electron chi connectivity index (χ1n) is 10.5. The highest BCUT2D eigenvalue weighted by Crippen LogP contribution is 2.31. The molecule has 1 saturated heterocycles. The van der Waals surface area contributed by atoms with E-state index in [2.05, 4.69) is 37.1 Å². The molecule has 0 radical (unpaired) electrons. The molecule has 0 aliphatic carbocycles. The molecule has 0 saturated carbocycles. The summed E-state index contributed by atoms with van der Waals surface area (Å²) in [5, 5.41) is 3.92. The number of hydrogen-bond acceptors (Lipinski definition) is 7. The molecule has 1 amide bonds. The van der Waals surface area contributed by atoms with Crippen molar-refractivity contribution in [2.75, 3.05) is 49.9 Å². The fraction of sp³-hybridized carbons (Fsp3) is 0.364. The maximum Gasteiger partial charge on any atom is 0.252 e. The van der Waals surface area contributed by atoms with Crippen molar-refractivity contribution >= 4 is 58.4 Å². The van der Waals surface area contributed by atoms with E-state index < -0.39 is 9.84 Å². The van der Waals surface area contributed by atoms with Crippen LogP contribution in [0.25, 0.3) is 10.2 Å². The molecule has 0 spiro atoms. The Kier molecular flexibility index (Phi) is 7.14. The van der Waals surface area contributed by atoms with Gasteiger partial charge in [0.2, 0.25) is 0 Å². The molecule has 2 heterocycles. The summed E-state index contributed by atoms with van der Waals surface area (Å²) >= 11 is 5.21. The van der Waals surface area contributed by atoms with Crippen molar-refractivity contribution in [1.29, 1.82) is 0 Å². The highest BCUT2D eigenvalue weighted by atomic mass is 79.9. The Morgan fingerprint density at radius 2 is 1.91 bits per heavy atom. The number of halogens is 1. The summed E-state index contributed by atoms with van der Waals surface area (Å²) < 4.78 is 26.8. The largest absolute Gasteiger partial charge is 0.351 e. The van der Waals surface area contributed by atoms with Gasteiger partial charge in [0.25, 0.3) is 5.91 Å². The molecule has 1 aliphatic heterocycles. The second kappa shape index (κ2) is 9.86. The molecule has 7 nitrogen and oxygen atoms in total. The highest BCUT2D eigenvalue weighted by molar-refractivity contribution is 9.10. The normalized spacial score (nSPS) is 15.2. The Balaban J connectivity index is 1.29. The van der Waals surface area contributed by atoms with Gasteiger partial charge in [-0.25, -0.2) is 13.4 Å². The molecule has 1 N–H and O–H groups in total. The van der Waals surface area contributed by atoms with Crippen LogP contribution in [0.1, 0.15) is 17.3 Å². The van der Waals surface area contributed by atoms with Gasteiger partial charge in [0.1, 0.15) is 0 Å². The second-order valence-electron chi connectivity index (χ2n) is 7.59. The lowest BCUT2D eigenvalue weighted by atomic mass is 10.2. The number of hydrogen-bond donors (Lipinski definition) is 1. The van der Waals surface area contributed by atoms with Crippen LogP contribution in [0, 0.1) is 0 Å². The van der Waals surface area contributed by atoms with E-state index in [1.54, 1.807) is 36.5 Å². The summed E-state index contributed by atoms with van der Waals surface area (Å²) in [6.45, 7) is 6.30. The van der Waals surface area contributed by atoms with E-state index in [1.165, 1.54) is 10.8 Å². The molecule has 0 unspecified atom stereocenters. The number of nitrogens with zero attached hydrogens (tertiary/aromatic N) is 3. The summed E-state index contributed by atoms with van der Waals surface area (Å²) in [5.74, 6) is -0.384. The molecule has 0 atom stereocenters. The fourth-order valence-electron chi connectivity index (χ4n) is 3.69. The molecule has 1 fully saturated rings. The third-order valence-corrected chi connectivity index (χ3v) is 8.90. The summed E-state index contributed by atoms with van der Waals surface area (Å²) in [6, 6.07) is 12.5. The van der Waals surface area contributed by atoms with Gasteiger partial charge in [0, 0.05) is 43.7 Å². The Morgan fingerprint density at radius 3 is 2.66 bits per heavy atom. The van der Waals surface area contributed by atoms with E-state index in [9.17, 15) is 13.2 Å². The molecular formula is C22H25BrN4O3S2. The van der Waals surface area contributed by atoms with Gasteiger partial charge in [-0.3, -0.25) is 9.69 Å². The van der Waals surface area contributed by atoms with E-state index in [0.717, 1.165) is 47.8 Å². The maximum absolute atomic E-state index is 12.6. The molecule has 10 heteroatoms. The Labute approximate surface area is 200 Å². The number of aromatic nitrogens is 1. The molecule has 2 aromatic carbocycles. The first-order valence-corrected chi connectivity index (χ1v) is 13.8. The zero-order chi connectivity index (χ0) is 22.7. The quantitative estimate of drug-likeness (QED) is 0.498. The highest BCUT2D eigenvalue weighted by Gasteiger charge is 2.22. The number of nitrogens with one attached hydrogen (secondary N) is 1. The van der Waals surface area contributed by atoms with Gasteiger partial charge >= 0.3 is 0 Å². The molecule has 4 rings (SSSR count). The van der Waals surface area contributed by atoms with Gasteiger partial charge in [-0.1, -0.05) is 46.3 Å². The monoisotopic (exact) mass is 536 g/mol. The number of benzene rings is 2. The molecule has 3 aromatic rings. The minimum atomic E-state index is -3.45. The number of piperazine rings is 1. The SMILES string of the molecule is CCS(=O)(=O)c1ccccc1C(=O)NCCN1CCN(c2nc3ccc(Br)cc3s2)CC1. The number of sulfone groups is 1. The smallest absolute Gasteiger partial charge is 0.252 e. The van der Waals surface area contributed by atoms with Crippen molar-refractivity contribution < 1.29 is 13.2 Å². The molecular weight excluding hydrogens is 512 g/mol. The number of amides is 1. The third kappa shape index (κ3) is 5.14. The Bertz CT molecular complexity index is 1220. The predicted octanol–water partition coefficient (Wildman–Crippen LogP) is 3.40. The number of anilines is 1. The van der Waals surface area contributed by atoms with Gasteiger partial charge in [-0.2, -0.15) is 0 Å². The van der Waals surface area contributed by atoms with E-state index >= 15 is 0 Å². The second-order valence-corrected chi connectivity index (χ2v) is 11.8. The van der Waals surface area contributed by atoms with Crippen LogP contribution in [-0.2, 0) is 9.84 Å². The summed E-state index contributed by atoms with van der Waals surface area (Å²) in [6.07, 6.45) is 0. The van der Waals surface area contributed by atoms with Gasteiger partial charge < -0.3 is 10.2 Å². The third-order valence-electron chi connectivity index (χ3n) is 5.54. The van der Waals surface area contributed by atoms with Crippen molar-refractivity contribution in [3.05, 3.63) is 52.5 Å². The van der Waals surface area contributed by atoms with Crippen molar-refractivity contribution in [2.24, 2.45) is 0 Å². The first kappa shape index (κ1) is 23.2. The fourth-order valence-corrected chi connectivity index (χ4v) is 6.35. The van der Waals surface area contributed by atoms with Crippen LogP contribution in [-0.4, -0.2) is 69.2 Å². The van der Waals surface area contributed by atoms with Crippen LogP contribution in [0.3, 0.4) is 0 Å². The lowest BCUT2D eigenvalue weighted by Crippen LogP contribution is -2.48. The van der Waals surface area contributed by atoms with E-state index in [1.807, 2.05) is 12.1 Å². The van der Waals surface area contributed by atoms with Crippen LogP contribution in [0.2, 0.25) is 0 Å². The number of thiazole rings is 1. The average molecular weight is 538 g/mol. The van der Waals surface area contributed by atoms with Gasteiger partial charge in [0.15, 0.2) is 15.0 Å². The topological polar surface area (TPSA) is 82.6 Å². The van der Waals surface area contributed by atoms with Gasteiger partial charge in [-0.05, 0) is 30.3 Å². The standard InChI is InChI=1S/C22H25BrN4O3S2/c1-2-32(29,30)20-6-4-3-5-17(20)21(28)24-9-10-26-11-13-27(14-12-26)22-25-18-8-7-16(23)15-19(18)31-22/h3-8,15H,2,9-14H2,1H3,(H,24,28). The number of carbonyl (C=O) groups is 1.